The van der Waals surface area contributed by atoms with Crippen molar-refractivity contribution in [1.29, 1.82) is 0 Å². The molecule has 0 aromatic heterocycles. The number of rotatable bonds is 7. The third-order valence-corrected chi connectivity index (χ3v) is 7.32. The predicted octanol–water partition coefficient (Wildman–Crippen LogP) is 6.07. The van der Waals surface area contributed by atoms with Gasteiger partial charge in [-0.15, -0.1) is 0 Å². The number of nitrogens with one attached hydrogen (secondary N) is 1. The van der Waals surface area contributed by atoms with Crippen molar-refractivity contribution in [3.63, 3.8) is 0 Å². The van der Waals surface area contributed by atoms with Gasteiger partial charge in [0.1, 0.15) is 0 Å². The fourth-order valence-electron chi connectivity index (χ4n) is 3.66. The van der Waals surface area contributed by atoms with Gasteiger partial charge in [0.25, 0.3) is 5.91 Å². The molecule has 0 spiro atoms. The molecule has 0 saturated carbocycles. The number of carbonyl (C=O) groups is 1. The largest absolute Gasteiger partial charge is 0.346 e. The maximum Gasteiger partial charge on any atom is 0.251 e. The molecular weight excluding hydrogens is 479 g/mol. The molecule has 33 heavy (non-hydrogen) atoms. The van der Waals surface area contributed by atoms with Crippen LogP contribution in [0.1, 0.15) is 45.6 Å². The van der Waals surface area contributed by atoms with Gasteiger partial charge in [-0.1, -0.05) is 65.2 Å². The summed E-state index contributed by atoms with van der Waals surface area (Å²) in [7, 11) is -3.62. The first kappa shape index (κ1) is 25.1. The quantitative estimate of drug-likeness (QED) is 0.424. The number of hydrogen-bond donors (Lipinski definition) is 1. The molecule has 0 bridgehead atoms. The Balaban J connectivity index is 1.77. The molecule has 0 heterocycles. The van der Waals surface area contributed by atoms with Crippen LogP contribution >= 0.6 is 23.2 Å². The molecular formula is C25H26Cl2N2O3S. The SMILES string of the molecule is Cc1ccc(C(C)NC(=O)c2ccc(CN(c3cccc(Cl)c3Cl)S(C)(=O)=O)cc2)c(C)c1. The van der Waals surface area contributed by atoms with Gasteiger partial charge in [-0.25, -0.2) is 8.42 Å². The molecule has 0 saturated heterocycles. The molecule has 1 atom stereocenters. The average Bonchev–Trinajstić information content (AvgIpc) is 2.73. The zero-order valence-corrected chi connectivity index (χ0v) is 21.2. The summed E-state index contributed by atoms with van der Waals surface area (Å²) >= 11 is 12.3. The van der Waals surface area contributed by atoms with Crippen LogP contribution < -0.4 is 9.62 Å². The Hall–Kier alpha value is -2.54. The summed E-state index contributed by atoms with van der Waals surface area (Å²) in [5, 5.41) is 3.46. The molecule has 1 N–H and O–H groups in total. The Morgan fingerprint density at radius 2 is 1.70 bits per heavy atom. The van der Waals surface area contributed by atoms with E-state index in [0.717, 1.165) is 17.4 Å². The summed E-state index contributed by atoms with van der Waals surface area (Å²) in [5.41, 5.74) is 4.85. The number of nitrogens with zero attached hydrogens (tertiary/aromatic N) is 1. The van der Waals surface area contributed by atoms with Crippen molar-refractivity contribution in [2.24, 2.45) is 0 Å². The van der Waals surface area contributed by atoms with E-state index in [2.05, 4.69) is 11.4 Å². The molecule has 8 heteroatoms. The maximum absolute atomic E-state index is 12.8. The fourth-order valence-corrected chi connectivity index (χ4v) is 5.00. The second-order valence-electron chi connectivity index (χ2n) is 8.09. The highest BCUT2D eigenvalue weighted by molar-refractivity contribution is 7.92. The van der Waals surface area contributed by atoms with E-state index in [1.165, 1.54) is 9.87 Å². The van der Waals surface area contributed by atoms with E-state index in [0.29, 0.717) is 16.8 Å². The number of benzene rings is 3. The Morgan fingerprint density at radius 1 is 1.03 bits per heavy atom. The lowest BCUT2D eigenvalue weighted by molar-refractivity contribution is 0.0940. The van der Waals surface area contributed by atoms with Crippen LogP contribution in [-0.2, 0) is 16.6 Å². The van der Waals surface area contributed by atoms with Crippen LogP contribution in [0.15, 0.2) is 60.7 Å². The number of sulfonamides is 1. The smallest absolute Gasteiger partial charge is 0.251 e. The molecule has 0 aliphatic rings. The van der Waals surface area contributed by atoms with E-state index in [4.69, 9.17) is 23.2 Å². The molecule has 3 rings (SSSR count). The predicted molar refractivity (Wildman–Crippen MR) is 136 cm³/mol. The molecule has 3 aromatic rings. The van der Waals surface area contributed by atoms with E-state index in [9.17, 15) is 13.2 Å². The van der Waals surface area contributed by atoms with Crippen LogP contribution in [0.5, 0.6) is 0 Å². The number of amides is 1. The van der Waals surface area contributed by atoms with Gasteiger partial charge in [0, 0.05) is 5.56 Å². The van der Waals surface area contributed by atoms with Crippen LogP contribution in [-0.4, -0.2) is 20.6 Å². The fraction of sp³-hybridized carbons (Fsp3) is 0.240. The second-order valence-corrected chi connectivity index (χ2v) is 10.8. The van der Waals surface area contributed by atoms with E-state index in [1.807, 2.05) is 32.9 Å². The lowest BCUT2D eigenvalue weighted by atomic mass is 10.00. The molecule has 1 amide bonds. The summed E-state index contributed by atoms with van der Waals surface area (Å²) in [6.45, 7) is 6.06. The summed E-state index contributed by atoms with van der Waals surface area (Å²) in [6, 6.07) is 17.7. The molecule has 0 radical (unpaired) electrons. The number of aryl methyl sites for hydroxylation is 2. The molecule has 1 unspecified atom stereocenters. The lowest BCUT2D eigenvalue weighted by Gasteiger charge is -2.24. The first-order valence-corrected chi connectivity index (χ1v) is 13.0. The van der Waals surface area contributed by atoms with Crippen molar-refractivity contribution in [3.05, 3.63) is 98.5 Å². The second kappa shape index (κ2) is 10.2. The topological polar surface area (TPSA) is 66.5 Å². The van der Waals surface area contributed by atoms with E-state index >= 15 is 0 Å². The van der Waals surface area contributed by atoms with Crippen LogP contribution in [0, 0.1) is 13.8 Å². The number of anilines is 1. The Bertz CT molecular complexity index is 1280. The van der Waals surface area contributed by atoms with Crippen LogP contribution in [0.25, 0.3) is 0 Å². The number of halogens is 2. The van der Waals surface area contributed by atoms with Crippen molar-refractivity contribution in [3.8, 4) is 0 Å². The highest BCUT2D eigenvalue weighted by atomic mass is 35.5. The van der Waals surface area contributed by atoms with Crippen molar-refractivity contribution in [2.75, 3.05) is 10.6 Å². The monoisotopic (exact) mass is 504 g/mol. The van der Waals surface area contributed by atoms with Crippen LogP contribution in [0.3, 0.4) is 0 Å². The van der Waals surface area contributed by atoms with Gasteiger partial charge in [0.05, 0.1) is 34.6 Å². The molecule has 0 aliphatic carbocycles. The Morgan fingerprint density at radius 3 is 2.30 bits per heavy atom. The van der Waals surface area contributed by atoms with E-state index in [-0.39, 0.29) is 28.5 Å². The van der Waals surface area contributed by atoms with Gasteiger partial charge >= 0.3 is 0 Å². The maximum atomic E-state index is 12.8. The molecule has 0 aliphatic heterocycles. The lowest BCUT2D eigenvalue weighted by Crippen LogP contribution is -2.30. The highest BCUT2D eigenvalue weighted by Crippen LogP contribution is 2.34. The average molecular weight is 505 g/mol. The summed E-state index contributed by atoms with van der Waals surface area (Å²) in [5.74, 6) is -0.202. The van der Waals surface area contributed by atoms with Gasteiger partial charge in [-0.05, 0) is 61.7 Å². The molecule has 3 aromatic carbocycles. The Labute approximate surface area is 205 Å². The zero-order chi connectivity index (χ0) is 24.3. The van der Waals surface area contributed by atoms with Gasteiger partial charge < -0.3 is 5.32 Å². The van der Waals surface area contributed by atoms with Gasteiger partial charge in [-0.3, -0.25) is 9.10 Å². The first-order valence-electron chi connectivity index (χ1n) is 10.4. The van der Waals surface area contributed by atoms with Crippen LogP contribution in [0.2, 0.25) is 10.0 Å². The standard InChI is InChI=1S/C25H26Cl2N2O3S/c1-16-8-13-21(17(2)14-16)18(3)28-25(30)20-11-9-19(10-12-20)15-29(33(4,31)32)23-7-5-6-22(26)24(23)27/h5-14,18H,15H2,1-4H3,(H,28,30). The van der Waals surface area contributed by atoms with E-state index < -0.39 is 10.0 Å². The van der Waals surface area contributed by atoms with E-state index in [1.54, 1.807) is 42.5 Å². The summed E-state index contributed by atoms with van der Waals surface area (Å²) in [4.78, 5) is 12.8. The highest BCUT2D eigenvalue weighted by Gasteiger charge is 2.22. The minimum atomic E-state index is -3.62. The van der Waals surface area contributed by atoms with Crippen molar-refractivity contribution < 1.29 is 13.2 Å². The van der Waals surface area contributed by atoms with Crippen molar-refractivity contribution in [2.45, 2.75) is 33.4 Å². The Kier molecular flexibility index (Phi) is 7.73. The number of hydrogen-bond acceptors (Lipinski definition) is 3. The minimum absolute atomic E-state index is 0.0553. The van der Waals surface area contributed by atoms with Gasteiger partial charge in [-0.2, -0.15) is 0 Å². The molecule has 0 fully saturated rings. The van der Waals surface area contributed by atoms with Gasteiger partial charge in [0.15, 0.2) is 0 Å². The van der Waals surface area contributed by atoms with Crippen molar-refractivity contribution in [1.82, 2.24) is 5.32 Å². The normalized spacial score (nSPS) is 12.3. The van der Waals surface area contributed by atoms with Gasteiger partial charge in [0.2, 0.25) is 10.0 Å². The van der Waals surface area contributed by atoms with Crippen molar-refractivity contribution >= 4 is 44.8 Å². The zero-order valence-electron chi connectivity index (χ0n) is 18.9. The summed E-state index contributed by atoms with van der Waals surface area (Å²) < 4.78 is 26.1. The first-order chi connectivity index (χ1) is 15.5. The molecule has 5 nitrogen and oxygen atoms in total. The third kappa shape index (κ3) is 6.08. The number of carbonyl (C=O) groups excluding carboxylic acids is 1. The van der Waals surface area contributed by atoms with Crippen LogP contribution in [0.4, 0.5) is 5.69 Å². The molecule has 174 valence electrons. The minimum Gasteiger partial charge on any atom is -0.346 e. The third-order valence-electron chi connectivity index (χ3n) is 5.38. The summed E-state index contributed by atoms with van der Waals surface area (Å²) in [6.07, 6.45) is 1.11.